The molecule has 1 fully saturated rings. The van der Waals surface area contributed by atoms with Crippen LogP contribution in [0.4, 0.5) is 0 Å². The number of rotatable bonds is 6. The maximum absolute atomic E-state index is 4.13. The second-order valence-electron chi connectivity index (χ2n) is 6.03. The van der Waals surface area contributed by atoms with E-state index in [-0.39, 0.29) is 0 Å². The molecule has 2 rings (SSSR count). The van der Waals surface area contributed by atoms with Crippen molar-refractivity contribution in [2.75, 3.05) is 13.1 Å². The number of piperazine rings is 1. The van der Waals surface area contributed by atoms with Gasteiger partial charge < -0.3 is 5.32 Å². The maximum Gasteiger partial charge on any atom is 0.0333 e. The van der Waals surface area contributed by atoms with Gasteiger partial charge in [-0.05, 0) is 37.0 Å². The zero-order valence-corrected chi connectivity index (χ0v) is 13.2. The molecule has 1 atom stereocenters. The van der Waals surface area contributed by atoms with Crippen molar-refractivity contribution in [1.82, 2.24) is 15.2 Å². The number of pyridine rings is 1. The average Bonchev–Trinajstić information content (AvgIpc) is 2.50. The molecule has 1 aliphatic heterocycles. The molecule has 1 N–H and O–H groups in total. The third kappa shape index (κ3) is 3.39. The van der Waals surface area contributed by atoms with Crippen LogP contribution in [0.3, 0.4) is 0 Å². The number of aromatic nitrogens is 1. The highest BCUT2D eigenvalue weighted by atomic mass is 15.3. The predicted octanol–water partition coefficient (Wildman–Crippen LogP) is 3.21. The highest BCUT2D eigenvalue weighted by Crippen LogP contribution is 2.29. The Labute approximate surface area is 123 Å². The Morgan fingerprint density at radius 3 is 2.55 bits per heavy atom. The van der Waals surface area contributed by atoms with E-state index in [1.807, 2.05) is 12.4 Å². The van der Waals surface area contributed by atoms with Gasteiger partial charge in [0.1, 0.15) is 0 Å². The summed E-state index contributed by atoms with van der Waals surface area (Å²) in [6.07, 6.45) is 8.75. The Bertz CT molecular complexity index is 386. The topological polar surface area (TPSA) is 28.2 Å². The summed E-state index contributed by atoms with van der Waals surface area (Å²) in [5.41, 5.74) is 1.69. The molecule has 3 nitrogen and oxygen atoms in total. The molecule has 0 radical (unpaired) electrons. The number of nitrogens with zero attached hydrogens (tertiary/aromatic N) is 2. The fourth-order valence-electron chi connectivity index (χ4n) is 3.40. The van der Waals surface area contributed by atoms with Gasteiger partial charge in [0.25, 0.3) is 0 Å². The molecule has 1 saturated heterocycles. The first-order chi connectivity index (χ1) is 9.74. The van der Waals surface area contributed by atoms with E-state index in [1.54, 1.807) is 0 Å². The van der Waals surface area contributed by atoms with E-state index in [4.69, 9.17) is 0 Å². The Hall–Kier alpha value is -0.930. The minimum Gasteiger partial charge on any atom is -0.311 e. The molecular weight excluding hydrogens is 246 g/mol. The van der Waals surface area contributed by atoms with Gasteiger partial charge in [0.2, 0.25) is 0 Å². The van der Waals surface area contributed by atoms with Crippen molar-refractivity contribution < 1.29 is 0 Å². The van der Waals surface area contributed by atoms with E-state index >= 15 is 0 Å². The van der Waals surface area contributed by atoms with Gasteiger partial charge >= 0.3 is 0 Å². The number of nitrogens with one attached hydrogen (secondary N) is 1. The molecule has 0 amide bonds. The Kier molecular flexibility index (Phi) is 5.55. The summed E-state index contributed by atoms with van der Waals surface area (Å²) in [5, 5.41) is 3.77. The van der Waals surface area contributed by atoms with Gasteiger partial charge in [-0.25, -0.2) is 0 Å². The molecule has 0 spiro atoms. The summed E-state index contributed by atoms with van der Waals surface area (Å²) < 4.78 is 0. The van der Waals surface area contributed by atoms with Crippen LogP contribution in [0.2, 0.25) is 0 Å². The molecule has 0 aromatic carbocycles. The van der Waals surface area contributed by atoms with Crippen LogP contribution in [-0.4, -0.2) is 34.6 Å². The largest absolute Gasteiger partial charge is 0.311 e. The van der Waals surface area contributed by atoms with Crippen LogP contribution >= 0.6 is 0 Å². The second-order valence-corrected chi connectivity index (χ2v) is 6.03. The summed E-state index contributed by atoms with van der Waals surface area (Å²) in [4.78, 5) is 6.84. The molecule has 0 aliphatic carbocycles. The fourth-order valence-corrected chi connectivity index (χ4v) is 3.40. The lowest BCUT2D eigenvalue weighted by Gasteiger charge is -2.50. The molecule has 20 heavy (non-hydrogen) atoms. The quantitative estimate of drug-likeness (QED) is 0.864. The number of hydrogen-bond donors (Lipinski definition) is 1. The van der Waals surface area contributed by atoms with E-state index in [9.17, 15) is 0 Å². The smallest absolute Gasteiger partial charge is 0.0333 e. The lowest BCUT2D eigenvalue weighted by Crippen LogP contribution is -2.63. The third-order valence-corrected chi connectivity index (χ3v) is 4.91. The third-order valence-electron chi connectivity index (χ3n) is 4.91. The average molecular weight is 275 g/mol. The van der Waals surface area contributed by atoms with Crippen LogP contribution in [0.15, 0.2) is 24.5 Å². The molecule has 1 aromatic rings. The van der Waals surface area contributed by atoms with Crippen LogP contribution in [0.25, 0.3) is 0 Å². The first-order valence-electron chi connectivity index (χ1n) is 8.11. The van der Waals surface area contributed by atoms with E-state index in [0.717, 1.165) is 19.6 Å². The predicted molar refractivity (Wildman–Crippen MR) is 84.7 cm³/mol. The van der Waals surface area contributed by atoms with Gasteiger partial charge in [0.15, 0.2) is 0 Å². The zero-order chi connectivity index (χ0) is 14.4. The highest BCUT2D eigenvalue weighted by molar-refractivity contribution is 5.11. The summed E-state index contributed by atoms with van der Waals surface area (Å²) in [6, 6.07) is 4.94. The van der Waals surface area contributed by atoms with Crippen molar-refractivity contribution in [1.29, 1.82) is 0 Å². The molecule has 3 heteroatoms. The van der Waals surface area contributed by atoms with Crippen molar-refractivity contribution in [2.45, 2.75) is 64.6 Å². The molecule has 112 valence electrons. The molecule has 1 unspecified atom stereocenters. The van der Waals surface area contributed by atoms with Crippen LogP contribution in [0, 0.1) is 0 Å². The molecule has 1 aromatic heterocycles. The van der Waals surface area contributed by atoms with Crippen LogP contribution in [0.1, 0.15) is 52.0 Å². The maximum atomic E-state index is 4.13. The standard InChI is InChI=1S/C17H29N3/c1-4-7-16-13-20(12-15-8-10-18-11-9-15)17(5-2,6-3)14-19-16/h8-11,16,19H,4-7,12-14H2,1-3H3. The van der Waals surface area contributed by atoms with E-state index in [2.05, 4.69) is 48.1 Å². The normalized spacial score (nSPS) is 22.9. The highest BCUT2D eigenvalue weighted by Gasteiger charge is 2.38. The minimum atomic E-state index is 0.313. The second kappa shape index (κ2) is 7.19. The van der Waals surface area contributed by atoms with Crippen molar-refractivity contribution in [2.24, 2.45) is 0 Å². The van der Waals surface area contributed by atoms with Gasteiger partial charge in [-0.3, -0.25) is 9.88 Å². The number of hydrogen-bond acceptors (Lipinski definition) is 3. The van der Waals surface area contributed by atoms with Gasteiger partial charge in [-0.15, -0.1) is 0 Å². The SMILES string of the molecule is CCCC1CN(Cc2ccncc2)C(CC)(CC)CN1. The Balaban J connectivity index is 2.13. The van der Waals surface area contributed by atoms with E-state index < -0.39 is 0 Å². The van der Waals surface area contributed by atoms with Crippen LogP contribution in [0.5, 0.6) is 0 Å². The minimum absolute atomic E-state index is 0.313. The van der Waals surface area contributed by atoms with E-state index in [1.165, 1.54) is 31.2 Å². The van der Waals surface area contributed by atoms with Crippen molar-refractivity contribution in [3.63, 3.8) is 0 Å². The molecule has 0 saturated carbocycles. The molecule has 1 aliphatic rings. The van der Waals surface area contributed by atoms with Gasteiger partial charge in [-0.1, -0.05) is 27.2 Å². The lowest BCUT2D eigenvalue weighted by atomic mass is 9.86. The van der Waals surface area contributed by atoms with Crippen molar-refractivity contribution in [3.05, 3.63) is 30.1 Å². The van der Waals surface area contributed by atoms with Gasteiger partial charge in [0, 0.05) is 43.6 Å². The summed E-state index contributed by atoms with van der Waals surface area (Å²) in [5.74, 6) is 0. The Morgan fingerprint density at radius 1 is 1.25 bits per heavy atom. The fraction of sp³-hybridized carbons (Fsp3) is 0.706. The zero-order valence-electron chi connectivity index (χ0n) is 13.2. The van der Waals surface area contributed by atoms with Crippen molar-refractivity contribution in [3.8, 4) is 0 Å². The van der Waals surface area contributed by atoms with E-state index in [0.29, 0.717) is 11.6 Å². The van der Waals surface area contributed by atoms with Crippen molar-refractivity contribution >= 4 is 0 Å². The lowest BCUT2D eigenvalue weighted by molar-refractivity contribution is 0.0227. The van der Waals surface area contributed by atoms with Gasteiger partial charge in [-0.2, -0.15) is 0 Å². The molecule has 2 heterocycles. The Morgan fingerprint density at radius 2 is 1.95 bits per heavy atom. The summed E-state index contributed by atoms with van der Waals surface area (Å²) in [7, 11) is 0. The van der Waals surface area contributed by atoms with Gasteiger partial charge in [0.05, 0.1) is 0 Å². The first-order valence-corrected chi connectivity index (χ1v) is 8.11. The monoisotopic (exact) mass is 275 g/mol. The molecule has 0 bridgehead atoms. The van der Waals surface area contributed by atoms with Crippen LogP contribution < -0.4 is 5.32 Å². The summed E-state index contributed by atoms with van der Waals surface area (Å²) >= 11 is 0. The first kappa shape index (κ1) is 15.5. The summed E-state index contributed by atoms with van der Waals surface area (Å²) in [6.45, 7) is 10.3. The molecular formula is C17H29N3. The van der Waals surface area contributed by atoms with Crippen LogP contribution in [-0.2, 0) is 6.54 Å².